The zero-order valence-electron chi connectivity index (χ0n) is 35.8. The Morgan fingerprint density at radius 2 is 0.873 bits per heavy atom. The number of phosphoric acid groups is 1. The van der Waals surface area contributed by atoms with Crippen LogP contribution in [0.4, 0.5) is 0 Å². The van der Waals surface area contributed by atoms with Crippen LogP contribution in [0.25, 0.3) is 0 Å². The Labute approximate surface area is 338 Å². The van der Waals surface area contributed by atoms with Gasteiger partial charge in [-0.25, -0.2) is 4.57 Å². The van der Waals surface area contributed by atoms with Gasteiger partial charge in [-0.05, 0) is 77.6 Å². The van der Waals surface area contributed by atoms with Gasteiger partial charge in [0.1, 0.15) is 6.61 Å². The van der Waals surface area contributed by atoms with Crippen LogP contribution in [0.2, 0.25) is 0 Å². The molecule has 0 aromatic heterocycles. The maximum atomic E-state index is 12.6. The molecule has 0 aromatic rings. The van der Waals surface area contributed by atoms with Crippen LogP contribution in [0.1, 0.15) is 220 Å². The number of rotatable bonds is 42. The summed E-state index contributed by atoms with van der Waals surface area (Å²) in [6, 6.07) is 0. The predicted octanol–water partition coefficient (Wildman–Crippen LogP) is 14.4. The number of phosphoric ester groups is 1. The quantitative estimate of drug-likeness (QED) is 0.0281. The van der Waals surface area contributed by atoms with Crippen molar-refractivity contribution in [3.63, 3.8) is 0 Å². The number of allylic oxidation sites excluding steroid dienone is 6. The number of hydrogen-bond donors (Lipinski definition) is 1. The lowest BCUT2D eigenvalue weighted by atomic mass is 10.1. The summed E-state index contributed by atoms with van der Waals surface area (Å²) in [7, 11) is -4.28. The second-order valence-electron chi connectivity index (χ2n) is 15.1. The van der Waals surface area contributed by atoms with Gasteiger partial charge in [-0.2, -0.15) is 0 Å². The molecule has 0 rings (SSSR count). The van der Waals surface area contributed by atoms with Gasteiger partial charge in [-0.3, -0.25) is 18.6 Å². The minimum absolute atomic E-state index is 0.00163. The van der Waals surface area contributed by atoms with Crippen molar-refractivity contribution >= 4 is 19.8 Å². The van der Waals surface area contributed by atoms with E-state index < -0.39 is 26.5 Å². The summed E-state index contributed by atoms with van der Waals surface area (Å²) in [5, 5.41) is 0. The third-order valence-corrected chi connectivity index (χ3v) is 10.7. The lowest BCUT2D eigenvalue weighted by molar-refractivity contribution is -0.161. The summed E-state index contributed by atoms with van der Waals surface area (Å²) in [5.74, 6) is -0.808. The molecular weight excluding hydrogens is 711 g/mol. The van der Waals surface area contributed by atoms with Crippen LogP contribution in [0.3, 0.4) is 0 Å². The van der Waals surface area contributed by atoms with Crippen LogP contribution in [0, 0.1) is 0 Å². The minimum atomic E-state index is -4.28. The van der Waals surface area contributed by atoms with Gasteiger partial charge in [0.15, 0.2) is 6.10 Å². The molecule has 0 bridgehead atoms. The first-order valence-electron chi connectivity index (χ1n) is 22.8. The fourth-order valence-corrected chi connectivity index (χ4v) is 7.06. The number of carbonyl (C=O) groups excluding carboxylic acids is 2. The Morgan fingerprint density at radius 3 is 1.31 bits per heavy atom. The SMILES string of the molecule is CCCCCCC/C=C\C/C=C\CCCCCCCCCCCC(=O)OC(COC(=O)CCCCCCC/C=C\CCCCCCC)COP(=O)(O)OCC. The molecule has 0 heterocycles. The first-order valence-corrected chi connectivity index (χ1v) is 24.3. The second-order valence-corrected chi connectivity index (χ2v) is 16.5. The largest absolute Gasteiger partial charge is 0.472 e. The summed E-state index contributed by atoms with van der Waals surface area (Å²) in [4.78, 5) is 34.8. The van der Waals surface area contributed by atoms with E-state index in [2.05, 4.69) is 50.3 Å². The van der Waals surface area contributed by atoms with E-state index in [1.807, 2.05) is 0 Å². The van der Waals surface area contributed by atoms with E-state index in [1.165, 1.54) is 116 Å². The van der Waals surface area contributed by atoms with Crippen molar-refractivity contribution in [2.45, 2.75) is 226 Å². The molecule has 0 aliphatic carbocycles. The van der Waals surface area contributed by atoms with E-state index in [1.54, 1.807) is 6.92 Å². The highest BCUT2D eigenvalue weighted by molar-refractivity contribution is 7.47. The molecule has 55 heavy (non-hydrogen) atoms. The molecule has 2 atom stereocenters. The molecule has 9 heteroatoms. The first-order chi connectivity index (χ1) is 26.8. The summed E-state index contributed by atoms with van der Waals surface area (Å²) < 4.78 is 32.7. The molecule has 0 saturated carbocycles. The van der Waals surface area contributed by atoms with Crippen LogP contribution in [0.15, 0.2) is 36.5 Å². The highest BCUT2D eigenvalue weighted by atomic mass is 31.2. The third kappa shape index (κ3) is 41.7. The van der Waals surface area contributed by atoms with Gasteiger partial charge in [-0.1, -0.05) is 166 Å². The van der Waals surface area contributed by atoms with E-state index in [4.69, 9.17) is 18.5 Å². The first kappa shape index (κ1) is 53.3. The minimum Gasteiger partial charge on any atom is -0.462 e. The Morgan fingerprint density at radius 1 is 0.491 bits per heavy atom. The number of ether oxygens (including phenoxy) is 2. The van der Waals surface area contributed by atoms with Gasteiger partial charge >= 0.3 is 19.8 Å². The van der Waals surface area contributed by atoms with E-state index in [0.29, 0.717) is 6.42 Å². The Hall–Kier alpha value is -1.73. The van der Waals surface area contributed by atoms with Gasteiger partial charge in [0.05, 0.1) is 13.2 Å². The topological polar surface area (TPSA) is 108 Å². The average molecular weight is 797 g/mol. The van der Waals surface area contributed by atoms with Crippen LogP contribution >= 0.6 is 7.82 Å². The fraction of sp³-hybridized carbons (Fsp3) is 0.826. The van der Waals surface area contributed by atoms with Crippen LogP contribution in [-0.2, 0) is 32.7 Å². The summed E-state index contributed by atoms with van der Waals surface area (Å²) in [6.07, 6.45) is 47.7. The average Bonchev–Trinajstić information content (AvgIpc) is 3.16. The zero-order valence-corrected chi connectivity index (χ0v) is 36.7. The molecule has 0 amide bonds. The monoisotopic (exact) mass is 797 g/mol. The number of unbranched alkanes of at least 4 members (excludes halogenated alkanes) is 24. The Bertz CT molecular complexity index is 994. The lowest BCUT2D eigenvalue weighted by Crippen LogP contribution is -2.29. The molecule has 0 aliphatic rings. The highest BCUT2D eigenvalue weighted by Gasteiger charge is 2.25. The Balaban J connectivity index is 4.05. The van der Waals surface area contributed by atoms with Crippen molar-refractivity contribution in [3.05, 3.63) is 36.5 Å². The highest BCUT2D eigenvalue weighted by Crippen LogP contribution is 2.43. The second kappa shape index (κ2) is 41.9. The molecule has 0 saturated heterocycles. The van der Waals surface area contributed by atoms with Crippen molar-refractivity contribution in [1.29, 1.82) is 0 Å². The van der Waals surface area contributed by atoms with E-state index in [9.17, 15) is 19.0 Å². The van der Waals surface area contributed by atoms with E-state index in [-0.39, 0.29) is 32.0 Å². The fourth-order valence-electron chi connectivity index (χ4n) is 6.30. The lowest BCUT2D eigenvalue weighted by Gasteiger charge is -2.19. The molecule has 0 aliphatic heterocycles. The van der Waals surface area contributed by atoms with Crippen LogP contribution in [-0.4, -0.2) is 42.8 Å². The normalized spacial score (nSPS) is 13.6. The van der Waals surface area contributed by atoms with Gasteiger partial charge in [0.25, 0.3) is 0 Å². The molecule has 0 fully saturated rings. The van der Waals surface area contributed by atoms with Crippen LogP contribution < -0.4 is 0 Å². The van der Waals surface area contributed by atoms with Gasteiger partial charge < -0.3 is 14.4 Å². The maximum absolute atomic E-state index is 12.6. The van der Waals surface area contributed by atoms with E-state index in [0.717, 1.165) is 64.2 Å². The molecule has 8 nitrogen and oxygen atoms in total. The molecule has 2 unspecified atom stereocenters. The number of carbonyl (C=O) groups is 2. The smallest absolute Gasteiger partial charge is 0.462 e. The van der Waals surface area contributed by atoms with Crippen molar-refractivity contribution in [3.8, 4) is 0 Å². The molecule has 322 valence electrons. The standard InChI is InChI=1S/C46H85O8P/c1-4-7-9-11-13-15-17-19-21-22-23-24-25-26-27-29-31-33-35-37-39-41-46(48)54-44(43-53-55(49,50)52-6-3)42-51-45(47)40-38-36-34-32-30-28-20-18-16-14-12-10-8-5-2/h17-20,22-23,44H,4-16,21,24-43H2,1-3H3,(H,49,50)/b19-17-,20-18-,23-22-. The van der Waals surface area contributed by atoms with Gasteiger partial charge in [0.2, 0.25) is 0 Å². The number of esters is 2. The third-order valence-electron chi connectivity index (χ3n) is 9.67. The summed E-state index contributed by atoms with van der Waals surface area (Å²) in [6.45, 7) is 5.46. The molecule has 0 aromatic carbocycles. The van der Waals surface area contributed by atoms with Crippen molar-refractivity contribution in [2.75, 3.05) is 19.8 Å². The van der Waals surface area contributed by atoms with Gasteiger partial charge in [0, 0.05) is 12.8 Å². The maximum Gasteiger partial charge on any atom is 0.472 e. The van der Waals surface area contributed by atoms with Crippen molar-refractivity contribution in [2.24, 2.45) is 0 Å². The van der Waals surface area contributed by atoms with Gasteiger partial charge in [-0.15, -0.1) is 0 Å². The zero-order chi connectivity index (χ0) is 40.3. The molecule has 1 N–H and O–H groups in total. The number of hydrogen-bond acceptors (Lipinski definition) is 7. The van der Waals surface area contributed by atoms with Crippen molar-refractivity contribution in [1.82, 2.24) is 0 Å². The van der Waals surface area contributed by atoms with E-state index >= 15 is 0 Å². The predicted molar refractivity (Wildman–Crippen MR) is 230 cm³/mol. The Kier molecular flexibility index (Phi) is 40.6. The molecular formula is C46H85O8P. The summed E-state index contributed by atoms with van der Waals surface area (Å²) >= 11 is 0. The van der Waals surface area contributed by atoms with Crippen molar-refractivity contribution < 1.29 is 37.6 Å². The van der Waals surface area contributed by atoms with Crippen LogP contribution in [0.5, 0.6) is 0 Å². The molecule has 0 spiro atoms. The molecule has 0 radical (unpaired) electrons. The summed E-state index contributed by atoms with van der Waals surface area (Å²) in [5.41, 5.74) is 0.